The zero-order chi connectivity index (χ0) is 47.2. The highest BCUT2D eigenvalue weighted by Crippen LogP contribution is 2.64. The molecule has 10 heteroatoms. The molecule has 0 saturated carbocycles. The van der Waals surface area contributed by atoms with Gasteiger partial charge in [-0.05, 0) is 165 Å². The maximum Gasteiger partial charge on any atom is 0.341 e. The number of allylic oxidation sites excluding steroid dienone is 2. The van der Waals surface area contributed by atoms with Crippen molar-refractivity contribution in [3.05, 3.63) is 103 Å². The molecule has 1 unspecified atom stereocenters. The van der Waals surface area contributed by atoms with Crippen LogP contribution in [0.15, 0.2) is 36.4 Å². The third kappa shape index (κ3) is 7.36. The van der Waals surface area contributed by atoms with Crippen molar-refractivity contribution in [1.29, 1.82) is 5.26 Å². The van der Waals surface area contributed by atoms with E-state index in [1.165, 1.54) is 55.9 Å². The number of ether oxygens (including phenoxy) is 1. The van der Waals surface area contributed by atoms with Gasteiger partial charge in [0.05, 0.1) is 40.9 Å². The average molecular weight is 928 g/mol. The van der Waals surface area contributed by atoms with E-state index in [1.807, 2.05) is 6.07 Å². The fourth-order valence-electron chi connectivity index (χ4n) is 12.7. The monoisotopic (exact) mass is 926 g/mol. The number of fused-ring (bicyclic) bond motifs is 8. The number of hydrogen-bond acceptors (Lipinski definition) is 8. The first kappa shape index (κ1) is 46.9. The minimum atomic E-state index is -1.28. The van der Waals surface area contributed by atoms with E-state index in [9.17, 15) is 4.79 Å². The average Bonchev–Trinajstić information content (AvgIpc) is 3.54. The van der Waals surface area contributed by atoms with Gasteiger partial charge in [-0.25, -0.2) is 9.46 Å². The van der Waals surface area contributed by atoms with E-state index in [4.69, 9.17) is 30.6 Å². The Balaban J connectivity index is 1.18. The van der Waals surface area contributed by atoms with Crippen LogP contribution in [0.25, 0.3) is 11.1 Å². The second-order valence-corrected chi connectivity index (χ2v) is 23.4. The fraction of sp³-hybridized carbons (Fsp3) is 0.536. The van der Waals surface area contributed by atoms with Crippen molar-refractivity contribution in [2.45, 2.75) is 169 Å². The maximum absolute atomic E-state index is 14.8. The Morgan fingerprint density at radius 3 is 1.80 bits per heavy atom. The minimum absolute atomic E-state index is 0.132. The molecule has 0 N–H and O–H groups in total. The van der Waals surface area contributed by atoms with E-state index >= 15 is 0 Å². The molecule has 9 rings (SSSR count). The van der Waals surface area contributed by atoms with E-state index in [2.05, 4.69) is 146 Å². The molecule has 0 aromatic heterocycles. The first-order valence-electron chi connectivity index (χ1n) is 24.4. The van der Waals surface area contributed by atoms with Crippen LogP contribution in [0.1, 0.15) is 188 Å². The minimum Gasteiger partial charge on any atom is -0.441 e. The van der Waals surface area contributed by atoms with Crippen molar-refractivity contribution in [3.8, 4) is 17.9 Å². The summed E-state index contributed by atoms with van der Waals surface area (Å²) in [5.74, 6) is 6.50. The summed E-state index contributed by atoms with van der Waals surface area (Å²) < 4.78 is 22.1. The molecule has 0 bridgehead atoms. The highest BCUT2D eigenvalue weighted by atomic mass is 35.5. The summed E-state index contributed by atoms with van der Waals surface area (Å²) in [7, 11) is -1.28. The Bertz CT molecular complexity index is 2580. The molecule has 0 saturated heterocycles. The van der Waals surface area contributed by atoms with Crippen molar-refractivity contribution < 1.29 is 18.6 Å². The number of esters is 1. The van der Waals surface area contributed by atoms with Crippen LogP contribution in [-0.2, 0) is 37.6 Å². The summed E-state index contributed by atoms with van der Waals surface area (Å²) in [6.07, 6.45) is 11.3. The molecular formula is C56H68ClN4O4P. The molecule has 0 amide bonds. The van der Waals surface area contributed by atoms with Gasteiger partial charge in [0, 0.05) is 88.2 Å². The molecule has 0 radical (unpaired) electrons. The lowest BCUT2D eigenvalue weighted by Crippen LogP contribution is -2.51. The number of halogens is 1. The lowest BCUT2D eigenvalue weighted by Gasteiger charge is -2.54. The van der Waals surface area contributed by atoms with Gasteiger partial charge in [0.1, 0.15) is 0 Å². The van der Waals surface area contributed by atoms with Crippen LogP contribution in [0.5, 0.6) is 0 Å². The van der Waals surface area contributed by atoms with Gasteiger partial charge in [0.15, 0.2) is 5.60 Å². The second-order valence-electron chi connectivity index (χ2n) is 21.5. The number of nitriles is 1. The highest BCUT2D eigenvalue weighted by Gasteiger charge is 2.59. The zero-order valence-corrected chi connectivity index (χ0v) is 43.0. The summed E-state index contributed by atoms with van der Waals surface area (Å²) in [5.41, 5.74) is 15.1. The smallest absolute Gasteiger partial charge is 0.341 e. The first-order valence-corrected chi connectivity index (χ1v) is 25.9. The standard InChI is InChI=1S/C56H68ClN4O4P/c1-34(2)61(35(3)4)66(64-27-17-15-23-58)63-26-16-13-14-20-38-28-43-47(46(57)29-38)52(62)65-56(43)44-30-41-36(5)32-53(7,8)59-24-18-21-39(50(41)59)48(44)55(11,12)49-40-22-19-25-60-51(40)42(31-45(49)56)37(6)33-54(60,9)10/h28-35H,13,15-19,21-22,24-27H2,1-12H3. The van der Waals surface area contributed by atoms with Crippen LogP contribution in [-0.4, -0.2) is 60.1 Å². The molecule has 8 nitrogen and oxygen atoms in total. The predicted octanol–water partition coefficient (Wildman–Crippen LogP) is 13.2. The Morgan fingerprint density at radius 1 is 0.788 bits per heavy atom. The number of anilines is 2. The van der Waals surface area contributed by atoms with Crippen LogP contribution in [0.3, 0.4) is 0 Å². The van der Waals surface area contributed by atoms with Crippen molar-refractivity contribution in [1.82, 2.24) is 4.67 Å². The molecule has 1 atom stereocenters. The molecule has 1 aliphatic carbocycles. The van der Waals surface area contributed by atoms with Crippen LogP contribution in [0, 0.1) is 23.2 Å². The molecule has 3 aromatic rings. The van der Waals surface area contributed by atoms with Gasteiger partial charge < -0.3 is 23.6 Å². The van der Waals surface area contributed by atoms with Gasteiger partial charge in [0.25, 0.3) is 8.53 Å². The number of rotatable bonds is 11. The summed E-state index contributed by atoms with van der Waals surface area (Å²) >= 11 is 7.28. The van der Waals surface area contributed by atoms with E-state index in [-0.39, 0.29) is 23.2 Å². The SMILES string of the molecule is CC1=CC(C)(C)N2CCCc3c2c1cc1c3C(C)(C)c2c(cc3c4c2CCCN4C(C)(C)C=C3C)C12OC(=O)c1c(Cl)cc(C#CCCCOP(OCCCC#N)N(C(C)C)C(C)C)cc12. The molecule has 1 spiro atoms. The molecule has 6 aliphatic rings. The summed E-state index contributed by atoms with van der Waals surface area (Å²) in [4.78, 5) is 20.0. The van der Waals surface area contributed by atoms with Crippen molar-refractivity contribution in [3.63, 3.8) is 0 Å². The molecule has 348 valence electrons. The number of carbonyl (C=O) groups excluding carboxylic acids is 1. The summed E-state index contributed by atoms with van der Waals surface area (Å²) in [5, 5.41) is 9.41. The van der Waals surface area contributed by atoms with Gasteiger partial charge in [0.2, 0.25) is 0 Å². The van der Waals surface area contributed by atoms with E-state index in [0.717, 1.165) is 67.4 Å². The first-order chi connectivity index (χ1) is 31.3. The molecule has 3 aromatic carbocycles. The topological polar surface area (TPSA) is 78.3 Å². The van der Waals surface area contributed by atoms with Crippen molar-refractivity contribution in [2.75, 3.05) is 36.1 Å². The molecule has 5 heterocycles. The molecule has 5 aliphatic heterocycles. The fourth-order valence-corrected chi connectivity index (χ4v) is 14.7. The Hall–Kier alpha value is -4.14. The summed E-state index contributed by atoms with van der Waals surface area (Å²) in [6.45, 7) is 30.3. The predicted molar refractivity (Wildman–Crippen MR) is 270 cm³/mol. The van der Waals surface area contributed by atoms with Gasteiger partial charge in [-0.1, -0.05) is 49.4 Å². The second kappa shape index (κ2) is 17.1. The number of hydrogen-bond donors (Lipinski definition) is 0. The maximum atomic E-state index is 14.8. The number of benzene rings is 3. The largest absolute Gasteiger partial charge is 0.441 e. The Morgan fingerprint density at radius 2 is 1.30 bits per heavy atom. The summed E-state index contributed by atoms with van der Waals surface area (Å²) in [6, 6.07) is 11.4. The Labute approximate surface area is 400 Å². The third-order valence-corrected chi connectivity index (χ3v) is 17.4. The van der Waals surface area contributed by atoms with Crippen LogP contribution in [0.2, 0.25) is 5.02 Å². The van der Waals surface area contributed by atoms with Gasteiger partial charge in [-0.2, -0.15) is 5.26 Å². The van der Waals surface area contributed by atoms with Crippen molar-refractivity contribution in [2.24, 2.45) is 0 Å². The lowest BCUT2D eigenvalue weighted by molar-refractivity contribution is 0.0230. The van der Waals surface area contributed by atoms with Crippen LogP contribution < -0.4 is 9.80 Å². The lowest BCUT2D eigenvalue weighted by atomic mass is 9.57. The van der Waals surface area contributed by atoms with Gasteiger partial charge in [-0.15, -0.1) is 0 Å². The van der Waals surface area contributed by atoms with E-state index in [1.54, 1.807) is 0 Å². The Kier molecular flexibility index (Phi) is 12.2. The normalized spacial score (nSPS) is 20.1. The number of unbranched alkanes of at least 4 members (excludes halogenated alkanes) is 2. The van der Waals surface area contributed by atoms with Crippen LogP contribution >= 0.6 is 20.1 Å². The van der Waals surface area contributed by atoms with Gasteiger partial charge in [-0.3, -0.25) is 0 Å². The third-order valence-electron chi connectivity index (χ3n) is 15.0. The molecular weight excluding hydrogens is 859 g/mol. The zero-order valence-electron chi connectivity index (χ0n) is 41.4. The highest BCUT2D eigenvalue weighted by molar-refractivity contribution is 7.44. The molecule has 66 heavy (non-hydrogen) atoms. The quantitative estimate of drug-likeness (QED) is 0.0814. The van der Waals surface area contributed by atoms with E-state index < -0.39 is 25.5 Å². The van der Waals surface area contributed by atoms with Gasteiger partial charge >= 0.3 is 5.97 Å². The van der Waals surface area contributed by atoms with Crippen molar-refractivity contribution >= 4 is 48.6 Å². The number of nitrogens with zero attached hydrogens (tertiary/aromatic N) is 4. The number of carbonyl (C=O) groups is 1. The molecule has 0 fully saturated rings. The van der Waals surface area contributed by atoms with Crippen LogP contribution in [0.4, 0.5) is 11.4 Å². The van der Waals surface area contributed by atoms with E-state index in [0.29, 0.717) is 43.1 Å².